The number of hydrogen-bond acceptors (Lipinski definition) is 0. The molecule has 0 saturated heterocycles. The van der Waals surface area contributed by atoms with Crippen LogP contribution in [0.3, 0.4) is 0 Å². The summed E-state index contributed by atoms with van der Waals surface area (Å²) in [5.74, 6) is 0. The van der Waals surface area contributed by atoms with E-state index < -0.39 is 6.10 Å². The van der Waals surface area contributed by atoms with Crippen LogP contribution in [-0.4, -0.2) is 6.10 Å². The molecular formula is C6H13O. The van der Waals surface area contributed by atoms with Crippen LogP contribution in [0.5, 0.6) is 0 Å². The molecule has 0 amide bonds. The monoisotopic (exact) mass is 101 g/mol. The van der Waals surface area contributed by atoms with Gasteiger partial charge in [0.05, 0.1) is 6.10 Å². The van der Waals surface area contributed by atoms with E-state index in [1.54, 1.807) is 6.92 Å². The lowest BCUT2D eigenvalue weighted by molar-refractivity contribution is 0.0157. The van der Waals surface area contributed by atoms with Crippen LogP contribution in [0.4, 0.5) is 0 Å². The molecule has 1 heteroatoms. The Labute approximate surface area is 45.4 Å². The molecule has 0 aliphatic carbocycles. The van der Waals surface area contributed by atoms with Crippen LogP contribution in [0, 0.1) is 5.41 Å². The van der Waals surface area contributed by atoms with Crippen molar-refractivity contribution in [2.45, 2.75) is 33.8 Å². The first-order valence-electron chi connectivity index (χ1n) is 2.60. The maximum atomic E-state index is 10.5. The quantitative estimate of drug-likeness (QED) is 0.444. The molecule has 43 valence electrons. The Kier molecular flexibility index (Phi) is 1.82. The summed E-state index contributed by atoms with van der Waals surface area (Å²) in [4.78, 5) is 0. The molecule has 1 atom stereocenters. The third-order valence-electron chi connectivity index (χ3n) is 1.22. The molecule has 0 spiro atoms. The van der Waals surface area contributed by atoms with Crippen LogP contribution in [0.2, 0.25) is 0 Å². The average molecular weight is 101 g/mol. The van der Waals surface area contributed by atoms with E-state index in [0.29, 0.717) is 0 Å². The van der Waals surface area contributed by atoms with Gasteiger partial charge in [-0.2, -0.15) is 0 Å². The fourth-order valence-electron chi connectivity index (χ4n) is 0. The standard InChI is InChI=1S/C6H13O/c1-5(7)6(2,3)4/h5H,1-4H3. The number of hydrogen-bond donors (Lipinski definition) is 0. The second-order valence-corrected chi connectivity index (χ2v) is 3.01. The second-order valence-electron chi connectivity index (χ2n) is 3.01. The minimum Gasteiger partial charge on any atom is -0.233 e. The van der Waals surface area contributed by atoms with Crippen molar-refractivity contribution >= 4 is 0 Å². The average Bonchev–Trinajstić information content (AvgIpc) is 1.31. The van der Waals surface area contributed by atoms with Gasteiger partial charge in [-0.05, 0) is 12.3 Å². The molecule has 0 saturated carbocycles. The summed E-state index contributed by atoms with van der Waals surface area (Å²) < 4.78 is 0. The molecule has 0 aromatic rings. The van der Waals surface area contributed by atoms with Gasteiger partial charge in [0, 0.05) is 0 Å². The van der Waals surface area contributed by atoms with Gasteiger partial charge in [-0.25, -0.2) is 5.11 Å². The van der Waals surface area contributed by atoms with Crippen molar-refractivity contribution in [2.24, 2.45) is 5.41 Å². The minimum absolute atomic E-state index is 0.0556. The van der Waals surface area contributed by atoms with Crippen molar-refractivity contribution in [2.75, 3.05) is 0 Å². The molecule has 0 aromatic heterocycles. The van der Waals surface area contributed by atoms with E-state index in [4.69, 9.17) is 0 Å². The van der Waals surface area contributed by atoms with E-state index in [0.717, 1.165) is 0 Å². The Bertz CT molecular complexity index is 49.7. The van der Waals surface area contributed by atoms with Gasteiger partial charge < -0.3 is 0 Å². The fourth-order valence-corrected chi connectivity index (χ4v) is 0. The largest absolute Gasteiger partial charge is 0.233 e. The van der Waals surface area contributed by atoms with Crippen molar-refractivity contribution in [1.82, 2.24) is 0 Å². The maximum absolute atomic E-state index is 10.5. The summed E-state index contributed by atoms with van der Waals surface area (Å²) >= 11 is 0. The predicted molar refractivity (Wildman–Crippen MR) is 29.6 cm³/mol. The highest BCUT2D eigenvalue weighted by molar-refractivity contribution is 4.66. The van der Waals surface area contributed by atoms with E-state index in [1.807, 2.05) is 20.8 Å². The Balaban J connectivity index is 3.54. The highest BCUT2D eigenvalue weighted by Gasteiger charge is 2.17. The molecule has 7 heavy (non-hydrogen) atoms. The van der Waals surface area contributed by atoms with Crippen molar-refractivity contribution < 1.29 is 5.11 Å². The van der Waals surface area contributed by atoms with E-state index in [-0.39, 0.29) is 5.41 Å². The zero-order valence-electron chi connectivity index (χ0n) is 5.49. The molecule has 0 aliphatic heterocycles. The summed E-state index contributed by atoms with van der Waals surface area (Å²) in [5, 5.41) is 10.5. The first-order valence-corrected chi connectivity index (χ1v) is 2.60. The summed E-state index contributed by atoms with van der Waals surface area (Å²) in [7, 11) is 0. The van der Waals surface area contributed by atoms with E-state index in [2.05, 4.69) is 0 Å². The first-order chi connectivity index (χ1) is 2.94. The molecule has 1 unspecified atom stereocenters. The molecule has 0 aromatic carbocycles. The Hall–Kier alpha value is -0.0400. The molecule has 0 bridgehead atoms. The van der Waals surface area contributed by atoms with Crippen LogP contribution >= 0.6 is 0 Å². The van der Waals surface area contributed by atoms with Gasteiger partial charge >= 0.3 is 0 Å². The lowest BCUT2D eigenvalue weighted by Crippen LogP contribution is -2.20. The Morgan fingerprint density at radius 2 is 1.43 bits per heavy atom. The molecule has 0 heterocycles. The third-order valence-corrected chi connectivity index (χ3v) is 1.22. The van der Waals surface area contributed by atoms with Gasteiger partial charge in [-0.3, -0.25) is 0 Å². The SMILES string of the molecule is CC([O])C(C)(C)C. The summed E-state index contributed by atoms with van der Waals surface area (Å²) in [6.07, 6.45) is -0.451. The topological polar surface area (TPSA) is 19.9 Å². The van der Waals surface area contributed by atoms with Gasteiger partial charge in [0.25, 0.3) is 0 Å². The first kappa shape index (κ1) is 6.96. The van der Waals surface area contributed by atoms with Crippen molar-refractivity contribution in [1.29, 1.82) is 0 Å². The Morgan fingerprint density at radius 1 is 1.29 bits per heavy atom. The fraction of sp³-hybridized carbons (Fsp3) is 1.00. The minimum atomic E-state index is -0.451. The summed E-state index contributed by atoms with van der Waals surface area (Å²) in [6.45, 7) is 7.54. The lowest BCUT2D eigenvalue weighted by Gasteiger charge is -2.18. The van der Waals surface area contributed by atoms with E-state index >= 15 is 0 Å². The van der Waals surface area contributed by atoms with Crippen LogP contribution in [0.25, 0.3) is 0 Å². The van der Waals surface area contributed by atoms with Crippen molar-refractivity contribution in [3.8, 4) is 0 Å². The molecule has 0 aliphatic rings. The molecule has 0 fully saturated rings. The molecule has 0 rings (SSSR count). The zero-order valence-corrected chi connectivity index (χ0v) is 5.49. The van der Waals surface area contributed by atoms with Gasteiger partial charge in [-0.1, -0.05) is 20.8 Å². The highest BCUT2D eigenvalue weighted by atomic mass is 16.3. The van der Waals surface area contributed by atoms with E-state index in [1.165, 1.54) is 0 Å². The van der Waals surface area contributed by atoms with Gasteiger partial charge in [0.2, 0.25) is 0 Å². The number of rotatable bonds is 0. The van der Waals surface area contributed by atoms with Gasteiger partial charge in [-0.15, -0.1) is 0 Å². The van der Waals surface area contributed by atoms with Crippen LogP contribution in [0.15, 0.2) is 0 Å². The molecular weight excluding hydrogens is 88.1 g/mol. The van der Waals surface area contributed by atoms with Crippen molar-refractivity contribution in [3.63, 3.8) is 0 Å². The molecule has 1 radical (unpaired) electrons. The smallest absolute Gasteiger partial charge is 0.0950 e. The molecule has 0 N–H and O–H groups in total. The zero-order chi connectivity index (χ0) is 6.08. The highest BCUT2D eigenvalue weighted by Crippen LogP contribution is 2.17. The summed E-state index contributed by atoms with van der Waals surface area (Å²) in [6, 6.07) is 0. The van der Waals surface area contributed by atoms with Crippen LogP contribution < -0.4 is 0 Å². The Morgan fingerprint density at radius 3 is 1.43 bits per heavy atom. The normalized spacial score (nSPS) is 16.7. The lowest BCUT2D eigenvalue weighted by atomic mass is 9.91. The van der Waals surface area contributed by atoms with Crippen LogP contribution in [-0.2, 0) is 5.11 Å². The van der Waals surface area contributed by atoms with Crippen molar-refractivity contribution in [3.05, 3.63) is 0 Å². The third kappa shape index (κ3) is 2.63. The van der Waals surface area contributed by atoms with Gasteiger partial charge in [0.1, 0.15) is 0 Å². The van der Waals surface area contributed by atoms with Gasteiger partial charge in [0.15, 0.2) is 0 Å². The maximum Gasteiger partial charge on any atom is 0.0950 e. The summed E-state index contributed by atoms with van der Waals surface area (Å²) in [5.41, 5.74) is -0.0556. The second kappa shape index (κ2) is 1.83. The predicted octanol–water partition coefficient (Wildman–Crippen LogP) is 1.85. The molecule has 1 nitrogen and oxygen atoms in total. The van der Waals surface area contributed by atoms with Crippen LogP contribution in [0.1, 0.15) is 27.7 Å². The van der Waals surface area contributed by atoms with E-state index in [9.17, 15) is 5.11 Å².